The number of benzene rings is 1. The van der Waals surface area contributed by atoms with Gasteiger partial charge in [-0.25, -0.2) is 4.79 Å². The third-order valence-corrected chi connectivity index (χ3v) is 3.56. The van der Waals surface area contributed by atoms with Crippen molar-refractivity contribution in [3.8, 4) is 5.75 Å². The zero-order chi connectivity index (χ0) is 12.9. The molecular weight excluding hydrogens is 232 g/mol. The van der Waals surface area contributed by atoms with Crippen LogP contribution < -0.4 is 4.74 Å². The summed E-state index contributed by atoms with van der Waals surface area (Å²) >= 11 is 0. The number of esters is 1. The van der Waals surface area contributed by atoms with E-state index in [4.69, 9.17) is 9.47 Å². The normalized spacial score (nSPS) is 30.3. The topological polar surface area (TPSA) is 55.8 Å². The lowest BCUT2D eigenvalue weighted by Gasteiger charge is -2.39. The van der Waals surface area contributed by atoms with E-state index >= 15 is 0 Å². The highest BCUT2D eigenvalue weighted by Gasteiger charge is 2.53. The number of fused-ring (bicyclic) bond motifs is 3. The van der Waals surface area contributed by atoms with Crippen molar-refractivity contribution in [2.45, 2.75) is 31.5 Å². The molecule has 0 radical (unpaired) electrons. The van der Waals surface area contributed by atoms with Crippen molar-refractivity contribution in [1.29, 1.82) is 0 Å². The van der Waals surface area contributed by atoms with E-state index in [1.54, 1.807) is 0 Å². The molecule has 18 heavy (non-hydrogen) atoms. The van der Waals surface area contributed by atoms with Crippen LogP contribution in [0, 0.1) is 0 Å². The van der Waals surface area contributed by atoms with Crippen LogP contribution in [0.2, 0.25) is 0 Å². The van der Waals surface area contributed by atoms with Crippen molar-refractivity contribution in [3.63, 3.8) is 0 Å². The van der Waals surface area contributed by atoms with Gasteiger partial charge >= 0.3 is 5.97 Å². The Balaban J connectivity index is 2.20. The summed E-state index contributed by atoms with van der Waals surface area (Å²) in [5.41, 5.74) is 0.566. The Kier molecular flexibility index (Phi) is 2.17. The molecule has 2 unspecified atom stereocenters. The highest BCUT2D eigenvalue weighted by atomic mass is 16.6. The summed E-state index contributed by atoms with van der Waals surface area (Å²) in [5, 5.41) is 9.27. The van der Waals surface area contributed by atoms with E-state index in [2.05, 4.69) is 0 Å². The van der Waals surface area contributed by atoms with Gasteiger partial charge in [-0.15, -0.1) is 0 Å². The largest absolute Gasteiger partial charge is 0.515 e. The molecule has 1 fully saturated rings. The highest BCUT2D eigenvalue weighted by Crippen LogP contribution is 2.49. The molecule has 2 atom stereocenters. The number of carbonyl (C=O) groups excluding carboxylic acids is 1. The Hall–Kier alpha value is -1.97. The molecule has 0 aromatic heterocycles. The fraction of sp³-hybridized carbons (Fsp3) is 0.357. The highest BCUT2D eigenvalue weighted by molar-refractivity contribution is 5.93. The summed E-state index contributed by atoms with van der Waals surface area (Å²) in [7, 11) is 0. The van der Waals surface area contributed by atoms with Crippen molar-refractivity contribution in [1.82, 2.24) is 0 Å². The van der Waals surface area contributed by atoms with Crippen LogP contribution in [0.5, 0.6) is 5.75 Å². The summed E-state index contributed by atoms with van der Waals surface area (Å²) in [6.07, 6.45) is 0.448. The lowest BCUT2D eigenvalue weighted by Crippen LogP contribution is -2.47. The van der Waals surface area contributed by atoms with Crippen molar-refractivity contribution < 1.29 is 19.4 Å². The van der Waals surface area contributed by atoms with Crippen LogP contribution in [-0.2, 0) is 9.53 Å². The van der Waals surface area contributed by atoms with Crippen molar-refractivity contribution in [2.24, 2.45) is 0 Å². The third kappa shape index (κ3) is 1.35. The summed E-state index contributed by atoms with van der Waals surface area (Å²) in [5.74, 6) is 0.00438. The minimum Gasteiger partial charge on any atom is -0.515 e. The molecule has 2 heterocycles. The molecule has 3 rings (SSSR count). The van der Waals surface area contributed by atoms with Gasteiger partial charge in [0, 0.05) is 5.56 Å². The molecule has 0 aliphatic carbocycles. The molecule has 0 spiro atoms. The van der Waals surface area contributed by atoms with Crippen molar-refractivity contribution in [3.05, 3.63) is 41.7 Å². The van der Waals surface area contributed by atoms with E-state index in [1.165, 1.54) is 0 Å². The van der Waals surface area contributed by atoms with Gasteiger partial charge in [0.25, 0.3) is 0 Å². The number of aliphatic hydroxyl groups excluding tert-OH is 1. The van der Waals surface area contributed by atoms with Gasteiger partial charge in [-0.2, -0.15) is 0 Å². The molecule has 2 aliphatic heterocycles. The number of carbonyl (C=O) groups is 1. The Bertz CT molecular complexity index is 544. The Morgan fingerprint density at radius 1 is 1.33 bits per heavy atom. The third-order valence-electron chi connectivity index (χ3n) is 3.56. The van der Waals surface area contributed by atoms with Gasteiger partial charge in [-0.1, -0.05) is 18.2 Å². The average molecular weight is 246 g/mol. The van der Waals surface area contributed by atoms with Crippen LogP contribution >= 0.6 is 0 Å². The summed E-state index contributed by atoms with van der Waals surface area (Å²) in [6, 6.07) is 7.53. The maximum atomic E-state index is 11.8. The molecule has 0 amide bonds. The molecule has 1 aromatic rings. The zero-order valence-corrected chi connectivity index (χ0v) is 10.2. The van der Waals surface area contributed by atoms with E-state index in [0.717, 1.165) is 17.6 Å². The number of rotatable bonds is 0. The van der Waals surface area contributed by atoms with Crippen LogP contribution in [-0.4, -0.2) is 22.8 Å². The summed E-state index contributed by atoms with van der Waals surface area (Å²) in [6.45, 7) is 3.77. The van der Waals surface area contributed by atoms with E-state index < -0.39 is 17.7 Å². The Morgan fingerprint density at radius 3 is 2.78 bits per heavy atom. The first-order valence-corrected chi connectivity index (χ1v) is 5.88. The molecule has 2 aliphatic rings. The maximum absolute atomic E-state index is 11.8. The monoisotopic (exact) mass is 246 g/mol. The second-order valence-corrected chi connectivity index (χ2v) is 5.13. The molecular formula is C14H14O4. The lowest BCUT2D eigenvalue weighted by molar-refractivity contribution is -0.148. The van der Waals surface area contributed by atoms with Crippen molar-refractivity contribution >= 4 is 5.97 Å². The predicted octanol–water partition coefficient (Wildman–Crippen LogP) is 2.31. The number of hydrogen-bond acceptors (Lipinski definition) is 4. The Labute approximate surface area is 105 Å². The lowest BCUT2D eigenvalue weighted by atomic mass is 9.79. The first kappa shape index (κ1) is 11.1. The molecule has 0 bridgehead atoms. The van der Waals surface area contributed by atoms with E-state index in [1.807, 2.05) is 38.1 Å². The van der Waals surface area contributed by atoms with Crippen LogP contribution in [0.3, 0.4) is 0 Å². The number of ether oxygens (including phenoxy) is 2. The van der Waals surface area contributed by atoms with Crippen LogP contribution in [0.15, 0.2) is 36.1 Å². The molecule has 1 aromatic carbocycles. The van der Waals surface area contributed by atoms with Gasteiger partial charge in [0.05, 0.1) is 17.8 Å². The minimum atomic E-state index is -0.612. The van der Waals surface area contributed by atoms with Crippen molar-refractivity contribution in [2.75, 3.05) is 0 Å². The van der Waals surface area contributed by atoms with Gasteiger partial charge < -0.3 is 14.6 Å². The van der Waals surface area contributed by atoms with Crippen LogP contribution in [0.25, 0.3) is 0 Å². The number of hydrogen-bond donors (Lipinski definition) is 1. The minimum absolute atomic E-state index is 0.262. The summed E-state index contributed by atoms with van der Waals surface area (Å²) in [4.78, 5) is 11.8. The molecule has 1 saturated heterocycles. The van der Waals surface area contributed by atoms with Gasteiger partial charge in [-0.3, -0.25) is 0 Å². The second kappa shape index (κ2) is 3.51. The van der Waals surface area contributed by atoms with Crippen LogP contribution in [0.4, 0.5) is 0 Å². The molecule has 4 nitrogen and oxygen atoms in total. The molecule has 0 saturated carbocycles. The van der Waals surface area contributed by atoms with E-state index in [9.17, 15) is 9.90 Å². The molecule has 94 valence electrons. The Morgan fingerprint density at radius 2 is 2.06 bits per heavy atom. The van der Waals surface area contributed by atoms with Gasteiger partial charge in [0.15, 0.2) is 6.10 Å². The van der Waals surface area contributed by atoms with Gasteiger partial charge in [0.2, 0.25) is 0 Å². The first-order valence-electron chi connectivity index (χ1n) is 5.88. The standard InChI is InChI=1S/C14H14O4/c1-14(2)12-11(9(7-15)13(16)17-12)8-5-3-4-6-10(8)18-14/h3-7,11-12,15H,1-2H3/b9-7+. The molecule has 4 heteroatoms. The zero-order valence-electron chi connectivity index (χ0n) is 10.2. The fourth-order valence-corrected chi connectivity index (χ4v) is 2.72. The smallest absolute Gasteiger partial charge is 0.338 e. The number of aliphatic hydroxyl groups is 1. The maximum Gasteiger partial charge on any atom is 0.338 e. The fourth-order valence-electron chi connectivity index (χ4n) is 2.72. The summed E-state index contributed by atoms with van der Waals surface area (Å²) < 4.78 is 11.2. The molecule has 1 N–H and O–H groups in total. The van der Waals surface area contributed by atoms with E-state index in [0.29, 0.717) is 5.57 Å². The van der Waals surface area contributed by atoms with Gasteiger partial charge in [-0.05, 0) is 19.9 Å². The predicted molar refractivity (Wildman–Crippen MR) is 64.5 cm³/mol. The first-order chi connectivity index (χ1) is 8.54. The number of para-hydroxylation sites is 1. The SMILES string of the molecule is CC1(C)Oc2ccccc2C2/C(=C\O)C(=O)OC21. The van der Waals surface area contributed by atoms with Crippen LogP contribution in [0.1, 0.15) is 25.3 Å². The quantitative estimate of drug-likeness (QED) is 0.433. The van der Waals surface area contributed by atoms with E-state index in [-0.39, 0.29) is 5.92 Å². The second-order valence-electron chi connectivity index (χ2n) is 5.13. The average Bonchev–Trinajstić information content (AvgIpc) is 2.67. The van der Waals surface area contributed by atoms with Gasteiger partial charge in [0.1, 0.15) is 11.4 Å².